The highest BCUT2D eigenvalue weighted by molar-refractivity contribution is 7.89. The number of anilines is 1. The summed E-state index contributed by atoms with van der Waals surface area (Å²) < 4.78 is 22.5. The number of benzene rings is 1. The standard InChI is InChI=1S/C11H14N2O6S/c12-20(18,19)6-1-2-8(7(3-6)11(16)17)13-4-9(14)10(15)5-13/h1-3,9-10,14-15H,4-5H2,(H,16,17)(H2,12,18,19). The molecule has 2 rings (SSSR count). The number of nitrogens with two attached hydrogens (primary N) is 1. The fraction of sp³-hybridized carbons (Fsp3) is 0.364. The van der Waals surface area contributed by atoms with Crippen LogP contribution in [0.4, 0.5) is 5.69 Å². The quantitative estimate of drug-likeness (QED) is 0.536. The van der Waals surface area contributed by atoms with Gasteiger partial charge in [0, 0.05) is 13.1 Å². The van der Waals surface area contributed by atoms with Gasteiger partial charge in [-0.2, -0.15) is 0 Å². The number of rotatable bonds is 3. The number of nitrogens with zero attached hydrogens (tertiary/aromatic N) is 1. The van der Waals surface area contributed by atoms with E-state index in [4.69, 9.17) is 10.2 Å². The molecule has 110 valence electrons. The third kappa shape index (κ3) is 2.75. The first-order chi connectivity index (χ1) is 9.20. The van der Waals surface area contributed by atoms with Crippen LogP contribution in [0.15, 0.2) is 23.1 Å². The fourth-order valence-corrected chi connectivity index (χ4v) is 2.65. The van der Waals surface area contributed by atoms with E-state index in [0.717, 1.165) is 6.07 Å². The largest absolute Gasteiger partial charge is 0.478 e. The lowest BCUT2D eigenvalue weighted by Gasteiger charge is -2.20. The number of carboxylic acids is 1. The maximum Gasteiger partial charge on any atom is 0.337 e. The number of hydrogen-bond acceptors (Lipinski definition) is 6. The molecule has 0 bridgehead atoms. The summed E-state index contributed by atoms with van der Waals surface area (Å²) in [4.78, 5) is 12.4. The Kier molecular flexibility index (Phi) is 3.69. The molecule has 5 N–H and O–H groups in total. The van der Waals surface area contributed by atoms with E-state index in [9.17, 15) is 23.4 Å². The zero-order valence-electron chi connectivity index (χ0n) is 10.3. The van der Waals surface area contributed by atoms with Crippen LogP contribution in [-0.2, 0) is 10.0 Å². The summed E-state index contributed by atoms with van der Waals surface area (Å²) in [5.74, 6) is -1.32. The first-order valence-electron chi connectivity index (χ1n) is 5.71. The Bertz CT molecular complexity index is 634. The smallest absolute Gasteiger partial charge is 0.337 e. The van der Waals surface area contributed by atoms with Crippen molar-refractivity contribution in [2.24, 2.45) is 5.14 Å². The van der Waals surface area contributed by atoms with Crippen LogP contribution in [0.2, 0.25) is 0 Å². The average molecular weight is 302 g/mol. The maximum absolute atomic E-state index is 11.2. The van der Waals surface area contributed by atoms with Gasteiger partial charge < -0.3 is 20.2 Å². The molecule has 20 heavy (non-hydrogen) atoms. The summed E-state index contributed by atoms with van der Waals surface area (Å²) in [6.45, 7) is 0.131. The van der Waals surface area contributed by atoms with Crippen LogP contribution >= 0.6 is 0 Å². The van der Waals surface area contributed by atoms with Crippen molar-refractivity contribution in [1.29, 1.82) is 0 Å². The number of carboxylic acid groups (broad SMARTS) is 1. The van der Waals surface area contributed by atoms with Crippen molar-refractivity contribution in [3.63, 3.8) is 0 Å². The Balaban J connectivity index is 2.47. The molecular weight excluding hydrogens is 288 g/mol. The number of primary sulfonamides is 1. The van der Waals surface area contributed by atoms with Gasteiger partial charge in [0.2, 0.25) is 10.0 Å². The van der Waals surface area contributed by atoms with Gasteiger partial charge >= 0.3 is 5.97 Å². The lowest BCUT2D eigenvalue weighted by Crippen LogP contribution is -2.24. The number of sulfonamides is 1. The van der Waals surface area contributed by atoms with Crippen molar-refractivity contribution in [3.8, 4) is 0 Å². The topological polar surface area (TPSA) is 141 Å². The molecule has 2 unspecified atom stereocenters. The van der Waals surface area contributed by atoms with Gasteiger partial charge in [-0.1, -0.05) is 0 Å². The molecule has 0 saturated carbocycles. The van der Waals surface area contributed by atoms with Gasteiger partial charge in [-0.15, -0.1) is 0 Å². The average Bonchev–Trinajstić information content (AvgIpc) is 2.67. The van der Waals surface area contributed by atoms with E-state index < -0.39 is 28.2 Å². The summed E-state index contributed by atoms with van der Waals surface area (Å²) in [5.41, 5.74) is -0.0293. The third-order valence-corrected chi connectivity index (χ3v) is 4.04. The van der Waals surface area contributed by atoms with Gasteiger partial charge in [-0.25, -0.2) is 18.4 Å². The minimum absolute atomic E-state index is 0.0656. The second kappa shape index (κ2) is 5.02. The number of carbonyl (C=O) groups is 1. The Hall–Kier alpha value is -1.68. The zero-order valence-corrected chi connectivity index (χ0v) is 11.1. The molecule has 1 aromatic rings. The van der Waals surface area contributed by atoms with Gasteiger partial charge in [0.15, 0.2) is 0 Å². The molecule has 8 nitrogen and oxygen atoms in total. The molecule has 0 spiro atoms. The summed E-state index contributed by atoms with van der Waals surface area (Å²) in [5, 5.41) is 33.1. The van der Waals surface area contributed by atoms with Crippen molar-refractivity contribution >= 4 is 21.7 Å². The summed E-state index contributed by atoms with van der Waals surface area (Å²) in [6, 6.07) is 3.45. The van der Waals surface area contributed by atoms with Crippen LogP contribution in [0.3, 0.4) is 0 Å². The van der Waals surface area contributed by atoms with E-state index in [0.29, 0.717) is 0 Å². The monoisotopic (exact) mass is 302 g/mol. The van der Waals surface area contributed by atoms with Crippen LogP contribution in [0.25, 0.3) is 0 Å². The first-order valence-corrected chi connectivity index (χ1v) is 7.26. The highest BCUT2D eigenvalue weighted by Gasteiger charge is 2.32. The van der Waals surface area contributed by atoms with Crippen molar-refractivity contribution in [1.82, 2.24) is 0 Å². The molecule has 1 aliphatic heterocycles. The van der Waals surface area contributed by atoms with Gasteiger partial charge in [0.25, 0.3) is 0 Å². The van der Waals surface area contributed by atoms with Gasteiger partial charge in [-0.05, 0) is 18.2 Å². The Labute approximate surface area is 115 Å². The molecule has 1 aliphatic rings. The molecule has 1 heterocycles. The zero-order chi connectivity index (χ0) is 15.1. The van der Waals surface area contributed by atoms with E-state index in [1.54, 1.807) is 0 Å². The molecule has 0 aromatic heterocycles. The normalized spacial score (nSPS) is 23.1. The number of aliphatic hydroxyl groups excluding tert-OH is 2. The minimum Gasteiger partial charge on any atom is -0.478 e. The third-order valence-electron chi connectivity index (χ3n) is 3.13. The first kappa shape index (κ1) is 14.7. The van der Waals surface area contributed by atoms with Crippen LogP contribution in [0, 0.1) is 0 Å². The molecule has 0 radical (unpaired) electrons. The van der Waals surface area contributed by atoms with Crippen LogP contribution < -0.4 is 10.0 Å². The van der Waals surface area contributed by atoms with Crippen molar-refractivity contribution < 1.29 is 28.5 Å². The minimum atomic E-state index is -4.00. The Morgan fingerprint density at radius 1 is 1.25 bits per heavy atom. The SMILES string of the molecule is NS(=O)(=O)c1ccc(N2CC(O)C(O)C2)c(C(=O)O)c1. The summed E-state index contributed by atoms with van der Waals surface area (Å²) in [7, 11) is -4.00. The summed E-state index contributed by atoms with van der Waals surface area (Å²) >= 11 is 0. The predicted octanol–water partition coefficient (Wildman–Crippen LogP) is -1.43. The fourth-order valence-electron chi connectivity index (χ4n) is 2.11. The van der Waals surface area contributed by atoms with Gasteiger partial charge in [0.1, 0.15) is 0 Å². The molecule has 1 saturated heterocycles. The number of aliphatic hydroxyl groups is 2. The van der Waals surface area contributed by atoms with Crippen LogP contribution in [-0.4, -0.2) is 55.0 Å². The van der Waals surface area contributed by atoms with E-state index in [-0.39, 0.29) is 29.2 Å². The lowest BCUT2D eigenvalue weighted by atomic mass is 10.1. The molecular formula is C11H14N2O6S. The molecule has 9 heteroatoms. The molecule has 1 fully saturated rings. The van der Waals surface area contributed by atoms with Crippen LogP contribution in [0.1, 0.15) is 10.4 Å². The highest BCUT2D eigenvalue weighted by Crippen LogP contribution is 2.27. The lowest BCUT2D eigenvalue weighted by molar-refractivity contribution is 0.0572. The second-order valence-electron chi connectivity index (χ2n) is 4.57. The molecule has 1 aromatic carbocycles. The van der Waals surface area contributed by atoms with E-state index >= 15 is 0 Å². The van der Waals surface area contributed by atoms with Crippen molar-refractivity contribution in [2.45, 2.75) is 17.1 Å². The predicted molar refractivity (Wildman–Crippen MR) is 69.0 cm³/mol. The van der Waals surface area contributed by atoms with E-state index in [1.165, 1.54) is 17.0 Å². The van der Waals surface area contributed by atoms with E-state index in [1.807, 2.05) is 0 Å². The molecule has 2 atom stereocenters. The summed E-state index contributed by atoms with van der Waals surface area (Å²) in [6.07, 6.45) is -1.95. The van der Waals surface area contributed by atoms with E-state index in [2.05, 4.69) is 0 Å². The maximum atomic E-state index is 11.2. The van der Waals surface area contributed by atoms with Gasteiger partial charge in [-0.3, -0.25) is 0 Å². The Morgan fingerprint density at radius 3 is 2.25 bits per heavy atom. The number of hydrogen-bond donors (Lipinski definition) is 4. The highest BCUT2D eigenvalue weighted by atomic mass is 32.2. The molecule has 0 aliphatic carbocycles. The number of aromatic carboxylic acids is 1. The van der Waals surface area contributed by atoms with Gasteiger partial charge in [0.05, 0.1) is 28.4 Å². The van der Waals surface area contributed by atoms with Crippen LogP contribution in [0.5, 0.6) is 0 Å². The second-order valence-corrected chi connectivity index (χ2v) is 6.13. The number of β-amino-alcohol motifs (C(OH)–C–C–N with tert-alkyl or cyclic N) is 2. The van der Waals surface area contributed by atoms with Crippen molar-refractivity contribution in [3.05, 3.63) is 23.8 Å². The molecule has 0 amide bonds. The van der Waals surface area contributed by atoms with Crippen molar-refractivity contribution in [2.75, 3.05) is 18.0 Å². The Morgan fingerprint density at radius 2 is 1.80 bits per heavy atom.